The summed E-state index contributed by atoms with van der Waals surface area (Å²) >= 11 is 1.57. The molecular formula is C19H22N3O3S+. The molecule has 26 heavy (non-hydrogen) atoms. The Balaban J connectivity index is 1.64. The molecule has 1 aliphatic rings. The van der Waals surface area contributed by atoms with Gasteiger partial charge in [-0.25, -0.2) is 9.69 Å². The number of urea groups is 1. The third kappa shape index (κ3) is 4.00. The first-order valence-electron chi connectivity index (χ1n) is 8.67. The van der Waals surface area contributed by atoms with Crippen molar-refractivity contribution in [3.8, 4) is 0 Å². The Morgan fingerprint density at radius 1 is 0.962 bits per heavy atom. The smallest absolute Gasteiger partial charge is 0.314 e. The van der Waals surface area contributed by atoms with Gasteiger partial charge in [-0.3, -0.25) is 14.5 Å². The van der Waals surface area contributed by atoms with Crippen LogP contribution in [-0.4, -0.2) is 47.4 Å². The highest BCUT2D eigenvalue weighted by Crippen LogP contribution is 2.14. The molecule has 1 saturated heterocycles. The van der Waals surface area contributed by atoms with Crippen molar-refractivity contribution < 1.29 is 19.3 Å². The fraction of sp³-hybridized carbons (Fsp3) is 0.316. The summed E-state index contributed by atoms with van der Waals surface area (Å²) in [6.45, 7) is 3.87. The van der Waals surface area contributed by atoms with E-state index in [-0.39, 0.29) is 13.2 Å². The molecule has 1 atom stereocenters. The second-order valence-electron chi connectivity index (χ2n) is 6.23. The molecular weight excluding hydrogens is 350 g/mol. The summed E-state index contributed by atoms with van der Waals surface area (Å²) in [6.07, 6.45) is 0.574. The van der Waals surface area contributed by atoms with Crippen molar-refractivity contribution in [2.24, 2.45) is 0 Å². The Labute approximate surface area is 156 Å². The van der Waals surface area contributed by atoms with Gasteiger partial charge in [0.15, 0.2) is 6.67 Å². The third-order valence-electron chi connectivity index (χ3n) is 4.48. The number of imide groups is 2. The Bertz CT molecular complexity index is 777. The predicted molar refractivity (Wildman–Crippen MR) is 98.5 cm³/mol. The zero-order valence-corrected chi connectivity index (χ0v) is 15.5. The van der Waals surface area contributed by atoms with Crippen LogP contribution in [0.15, 0.2) is 47.8 Å². The summed E-state index contributed by atoms with van der Waals surface area (Å²) < 4.78 is 0. The highest BCUT2D eigenvalue weighted by Gasteiger charge is 2.45. The number of rotatable bonds is 8. The van der Waals surface area contributed by atoms with E-state index in [2.05, 4.69) is 0 Å². The summed E-state index contributed by atoms with van der Waals surface area (Å²) in [5.74, 6) is -1.44. The Morgan fingerprint density at radius 3 is 2.35 bits per heavy atom. The zero-order chi connectivity index (χ0) is 18.5. The van der Waals surface area contributed by atoms with Gasteiger partial charge in [0.25, 0.3) is 0 Å². The van der Waals surface area contributed by atoms with E-state index >= 15 is 0 Å². The molecule has 1 aromatic heterocycles. The average molecular weight is 372 g/mol. The van der Waals surface area contributed by atoms with Crippen LogP contribution < -0.4 is 4.90 Å². The van der Waals surface area contributed by atoms with E-state index < -0.39 is 17.8 Å². The van der Waals surface area contributed by atoms with Crippen molar-refractivity contribution in [2.45, 2.75) is 19.9 Å². The fourth-order valence-corrected chi connectivity index (χ4v) is 3.66. The van der Waals surface area contributed by atoms with Gasteiger partial charge in [0.1, 0.15) is 6.54 Å². The Morgan fingerprint density at radius 2 is 1.69 bits per heavy atom. The van der Waals surface area contributed by atoms with E-state index in [4.69, 9.17) is 0 Å². The van der Waals surface area contributed by atoms with E-state index in [1.165, 1.54) is 0 Å². The lowest BCUT2D eigenvalue weighted by Crippen LogP contribution is -3.12. The zero-order valence-electron chi connectivity index (χ0n) is 14.7. The van der Waals surface area contributed by atoms with Crippen LogP contribution in [0.4, 0.5) is 4.79 Å². The minimum absolute atomic E-state index is 0.199. The number of carbonyl (C=O) groups excluding carboxylic acids is 3. The van der Waals surface area contributed by atoms with E-state index in [0.29, 0.717) is 13.0 Å². The molecule has 6 nitrogen and oxygen atoms in total. The molecule has 1 N–H and O–H groups in total. The molecule has 1 aliphatic heterocycles. The summed E-state index contributed by atoms with van der Waals surface area (Å²) in [6, 6.07) is 13.3. The van der Waals surface area contributed by atoms with Crippen molar-refractivity contribution in [1.29, 1.82) is 0 Å². The van der Waals surface area contributed by atoms with Crippen LogP contribution in [0.25, 0.3) is 0 Å². The number of nitrogens with zero attached hydrogens (tertiary/aromatic N) is 2. The molecule has 7 heteroatoms. The van der Waals surface area contributed by atoms with Gasteiger partial charge in [-0.05, 0) is 18.4 Å². The first-order valence-corrected chi connectivity index (χ1v) is 9.55. The van der Waals surface area contributed by atoms with Crippen LogP contribution in [0.5, 0.6) is 0 Å². The normalized spacial score (nSPS) is 15.8. The molecule has 0 radical (unpaired) electrons. The van der Waals surface area contributed by atoms with Crippen molar-refractivity contribution >= 4 is 29.2 Å². The molecule has 0 spiro atoms. The SMILES string of the molecule is CC[NH+](Cc1ccccc1)CN1C(=O)C(=O)N(CCc2cccs2)C1=O. The molecule has 1 unspecified atom stereocenters. The van der Waals surface area contributed by atoms with Crippen molar-refractivity contribution in [3.63, 3.8) is 0 Å². The maximum Gasteiger partial charge on any atom is 0.338 e. The van der Waals surface area contributed by atoms with E-state index in [1.807, 2.05) is 54.8 Å². The molecule has 2 aromatic rings. The maximum absolute atomic E-state index is 12.6. The number of amides is 4. The molecule has 0 saturated carbocycles. The number of nitrogens with one attached hydrogen (secondary N) is 1. The number of hydrogen-bond donors (Lipinski definition) is 1. The number of thiophene rings is 1. The van der Waals surface area contributed by atoms with Gasteiger partial charge in [0.05, 0.1) is 6.54 Å². The first-order chi connectivity index (χ1) is 12.6. The quantitative estimate of drug-likeness (QED) is 0.558. The topological polar surface area (TPSA) is 62.1 Å². The van der Waals surface area contributed by atoms with Crippen LogP contribution >= 0.6 is 11.3 Å². The molecule has 4 amide bonds. The maximum atomic E-state index is 12.6. The van der Waals surface area contributed by atoms with Crippen molar-refractivity contribution in [1.82, 2.24) is 9.80 Å². The minimum atomic E-state index is -0.722. The number of hydrogen-bond acceptors (Lipinski definition) is 4. The number of benzene rings is 1. The van der Waals surface area contributed by atoms with Gasteiger partial charge in [-0.1, -0.05) is 36.4 Å². The van der Waals surface area contributed by atoms with Crippen LogP contribution in [0.3, 0.4) is 0 Å². The second kappa shape index (κ2) is 8.25. The summed E-state index contributed by atoms with van der Waals surface area (Å²) in [5, 5.41) is 1.95. The van der Waals surface area contributed by atoms with Gasteiger partial charge >= 0.3 is 17.8 Å². The molecule has 1 aromatic carbocycles. The first kappa shape index (κ1) is 18.3. The highest BCUT2D eigenvalue weighted by molar-refractivity contribution is 7.09. The van der Waals surface area contributed by atoms with Crippen molar-refractivity contribution in [3.05, 3.63) is 58.3 Å². The van der Waals surface area contributed by atoms with Gasteiger partial charge in [-0.15, -0.1) is 11.3 Å². The molecule has 0 bridgehead atoms. The molecule has 1 fully saturated rings. The summed E-state index contributed by atoms with van der Waals surface area (Å²) in [4.78, 5) is 41.4. The lowest BCUT2D eigenvalue weighted by atomic mass is 10.2. The Kier molecular flexibility index (Phi) is 5.80. The average Bonchev–Trinajstić information content (AvgIpc) is 3.24. The largest absolute Gasteiger partial charge is 0.338 e. The van der Waals surface area contributed by atoms with Crippen molar-refractivity contribution in [2.75, 3.05) is 19.8 Å². The molecule has 2 heterocycles. The van der Waals surface area contributed by atoms with Gasteiger partial charge in [0, 0.05) is 23.4 Å². The van der Waals surface area contributed by atoms with Gasteiger partial charge in [-0.2, -0.15) is 0 Å². The lowest BCUT2D eigenvalue weighted by molar-refractivity contribution is -0.919. The summed E-state index contributed by atoms with van der Waals surface area (Å²) in [5.41, 5.74) is 1.13. The van der Waals surface area contributed by atoms with Gasteiger partial charge < -0.3 is 4.90 Å². The number of quaternary nitrogens is 1. The standard InChI is InChI=1S/C19H21N3O3S/c1-2-20(13-15-7-4-3-5-8-15)14-22-18(24)17(23)21(19(22)25)11-10-16-9-6-12-26-16/h3-9,12H,2,10-11,13-14H2,1H3/p+1. The second-order valence-corrected chi connectivity index (χ2v) is 7.26. The van der Waals surface area contributed by atoms with E-state index in [1.54, 1.807) is 11.3 Å². The molecule has 136 valence electrons. The highest BCUT2D eigenvalue weighted by atomic mass is 32.1. The molecule has 3 rings (SSSR count). The summed E-state index contributed by atoms with van der Waals surface area (Å²) in [7, 11) is 0. The third-order valence-corrected chi connectivity index (χ3v) is 5.41. The minimum Gasteiger partial charge on any atom is -0.314 e. The van der Waals surface area contributed by atoms with Gasteiger partial charge in [0.2, 0.25) is 0 Å². The Hall–Kier alpha value is -2.51. The van der Waals surface area contributed by atoms with Crippen LogP contribution in [-0.2, 0) is 22.6 Å². The predicted octanol–water partition coefficient (Wildman–Crippen LogP) is 1.14. The monoisotopic (exact) mass is 372 g/mol. The van der Waals surface area contributed by atoms with Crippen LogP contribution in [0, 0.1) is 0 Å². The van der Waals surface area contributed by atoms with E-state index in [9.17, 15) is 14.4 Å². The lowest BCUT2D eigenvalue weighted by Gasteiger charge is -2.22. The van der Waals surface area contributed by atoms with E-state index in [0.717, 1.165) is 31.7 Å². The molecule has 0 aliphatic carbocycles. The van der Waals surface area contributed by atoms with Crippen LogP contribution in [0.1, 0.15) is 17.4 Å². The fourth-order valence-electron chi connectivity index (χ4n) is 2.96. The number of carbonyl (C=O) groups is 3. The van der Waals surface area contributed by atoms with Crippen LogP contribution in [0.2, 0.25) is 0 Å².